The molecule has 0 aliphatic carbocycles. The molecule has 1 saturated heterocycles. The number of hydrogen-bond acceptors (Lipinski definition) is 2. The third-order valence-electron chi connectivity index (χ3n) is 4.64. The Kier molecular flexibility index (Phi) is 7.68. The molecule has 0 bridgehead atoms. The first-order valence-electron chi connectivity index (χ1n) is 8.74. The molecule has 3 rings (SSSR count). The van der Waals surface area contributed by atoms with Gasteiger partial charge >= 0.3 is 0 Å². The first kappa shape index (κ1) is 21.3. The highest BCUT2D eigenvalue weighted by molar-refractivity contribution is 5.85. The van der Waals surface area contributed by atoms with E-state index in [2.05, 4.69) is 5.32 Å². The molecule has 0 radical (unpaired) electrons. The normalized spacial score (nSPS) is 16.7. The Morgan fingerprint density at radius 1 is 1.11 bits per heavy atom. The number of nitrogens with zero attached hydrogens (tertiary/aromatic N) is 1. The summed E-state index contributed by atoms with van der Waals surface area (Å²) in [4.78, 5) is 14.4. The van der Waals surface area contributed by atoms with E-state index in [1.807, 2.05) is 6.07 Å². The third kappa shape index (κ3) is 5.47. The Bertz CT molecular complexity index is 788. The Morgan fingerprint density at radius 3 is 2.67 bits per heavy atom. The van der Waals surface area contributed by atoms with Gasteiger partial charge in [-0.1, -0.05) is 18.2 Å². The third-order valence-corrected chi connectivity index (χ3v) is 4.64. The zero-order chi connectivity index (χ0) is 18.5. The number of rotatable bonds is 5. The molecule has 2 aromatic rings. The lowest BCUT2D eigenvalue weighted by Crippen LogP contribution is -2.48. The minimum absolute atomic E-state index is 0. The standard InChI is InChI=1S/C20H21F3N2O.ClH/c21-16-5-2-4-15(12-16)19-13-24-9-10-25(19)20(26)6-1-3-14-7-8-17(22)18(23)11-14;/h2,4-5,7-8,11-12,19,24H,1,3,6,9-10,13H2;1H. The monoisotopic (exact) mass is 398 g/mol. The predicted octanol–water partition coefficient (Wildman–Crippen LogP) is 4.02. The maximum absolute atomic E-state index is 13.5. The number of aryl methyl sites for hydroxylation is 1. The molecular formula is C20H22ClF3N2O. The van der Waals surface area contributed by atoms with Gasteiger partial charge in [-0.2, -0.15) is 0 Å². The van der Waals surface area contributed by atoms with E-state index in [0.29, 0.717) is 44.5 Å². The molecule has 7 heteroatoms. The van der Waals surface area contributed by atoms with E-state index in [4.69, 9.17) is 0 Å². The van der Waals surface area contributed by atoms with E-state index in [1.54, 1.807) is 11.0 Å². The summed E-state index contributed by atoms with van der Waals surface area (Å²) >= 11 is 0. The van der Waals surface area contributed by atoms with E-state index in [9.17, 15) is 18.0 Å². The van der Waals surface area contributed by atoms with Crippen molar-refractivity contribution in [3.05, 3.63) is 71.0 Å². The van der Waals surface area contributed by atoms with Crippen LogP contribution >= 0.6 is 12.4 Å². The van der Waals surface area contributed by atoms with Gasteiger partial charge in [-0.15, -0.1) is 12.4 Å². The van der Waals surface area contributed by atoms with Gasteiger partial charge in [-0.3, -0.25) is 4.79 Å². The highest BCUT2D eigenvalue weighted by Crippen LogP contribution is 2.24. The average Bonchev–Trinajstić information content (AvgIpc) is 2.64. The number of carbonyl (C=O) groups excluding carboxylic acids is 1. The number of halogens is 4. The van der Waals surface area contributed by atoms with Gasteiger partial charge in [0.25, 0.3) is 0 Å². The van der Waals surface area contributed by atoms with E-state index >= 15 is 0 Å². The quantitative estimate of drug-likeness (QED) is 0.825. The van der Waals surface area contributed by atoms with Gasteiger partial charge in [0.15, 0.2) is 11.6 Å². The topological polar surface area (TPSA) is 32.3 Å². The molecule has 1 aliphatic heterocycles. The van der Waals surface area contributed by atoms with Crippen LogP contribution in [-0.4, -0.2) is 30.4 Å². The Labute approximate surface area is 163 Å². The fourth-order valence-corrected chi connectivity index (χ4v) is 3.30. The van der Waals surface area contributed by atoms with Crippen LogP contribution in [0.1, 0.15) is 30.0 Å². The summed E-state index contributed by atoms with van der Waals surface area (Å²) < 4.78 is 39.7. The van der Waals surface area contributed by atoms with Crippen LogP contribution in [-0.2, 0) is 11.2 Å². The van der Waals surface area contributed by atoms with Crippen molar-refractivity contribution >= 4 is 18.3 Å². The van der Waals surface area contributed by atoms with Crippen LogP contribution in [0.5, 0.6) is 0 Å². The van der Waals surface area contributed by atoms with Crippen molar-refractivity contribution < 1.29 is 18.0 Å². The molecule has 27 heavy (non-hydrogen) atoms. The van der Waals surface area contributed by atoms with Gasteiger partial charge in [0.1, 0.15) is 5.82 Å². The summed E-state index contributed by atoms with van der Waals surface area (Å²) in [7, 11) is 0. The van der Waals surface area contributed by atoms with Crippen molar-refractivity contribution in [2.75, 3.05) is 19.6 Å². The largest absolute Gasteiger partial charge is 0.333 e. The average molecular weight is 399 g/mol. The first-order chi connectivity index (χ1) is 12.5. The minimum Gasteiger partial charge on any atom is -0.333 e. The van der Waals surface area contributed by atoms with Crippen molar-refractivity contribution in [3.63, 3.8) is 0 Å². The van der Waals surface area contributed by atoms with Gasteiger partial charge < -0.3 is 10.2 Å². The van der Waals surface area contributed by atoms with Gasteiger partial charge in [-0.05, 0) is 48.2 Å². The molecule has 1 amide bonds. The number of benzene rings is 2. The van der Waals surface area contributed by atoms with Crippen LogP contribution in [0.15, 0.2) is 42.5 Å². The maximum Gasteiger partial charge on any atom is 0.223 e. The second-order valence-electron chi connectivity index (χ2n) is 6.46. The fourth-order valence-electron chi connectivity index (χ4n) is 3.30. The molecular weight excluding hydrogens is 377 g/mol. The Morgan fingerprint density at radius 2 is 1.93 bits per heavy atom. The van der Waals surface area contributed by atoms with Crippen LogP contribution in [0.3, 0.4) is 0 Å². The van der Waals surface area contributed by atoms with Gasteiger partial charge in [0.05, 0.1) is 6.04 Å². The first-order valence-corrected chi connectivity index (χ1v) is 8.74. The predicted molar refractivity (Wildman–Crippen MR) is 100 cm³/mol. The smallest absolute Gasteiger partial charge is 0.223 e. The molecule has 1 fully saturated rings. The van der Waals surface area contributed by atoms with E-state index in [1.165, 1.54) is 24.3 Å². The van der Waals surface area contributed by atoms with Crippen molar-refractivity contribution in [2.45, 2.75) is 25.3 Å². The minimum atomic E-state index is -0.873. The molecule has 0 saturated carbocycles. The molecule has 1 unspecified atom stereocenters. The van der Waals surface area contributed by atoms with Crippen LogP contribution in [0.25, 0.3) is 0 Å². The molecule has 1 heterocycles. The Hall–Kier alpha value is -2.05. The molecule has 146 valence electrons. The van der Waals surface area contributed by atoms with Gasteiger partial charge in [0.2, 0.25) is 5.91 Å². The lowest BCUT2D eigenvalue weighted by molar-refractivity contribution is -0.134. The second-order valence-corrected chi connectivity index (χ2v) is 6.46. The molecule has 3 nitrogen and oxygen atoms in total. The zero-order valence-corrected chi connectivity index (χ0v) is 15.6. The van der Waals surface area contributed by atoms with Crippen molar-refractivity contribution in [2.24, 2.45) is 0 Å². The lowest BCUT2D eigenvalue weighted by Gasteiger charge is -2.36. The molecule has 1 atom stereocenters. The Balaban J connectivity index is 0.00000261. The van der Waals surface area contributed by atoms with Crippen LogP contribution in [0.2, 0.25) is 0 Å². The summed E-state index contributed by atoms with van der Waals surface area (Å²) in [6.45, 7) is 1.84. The summed E-state index contributed by atoms with van der Waals surface area (Å²) in [6.07, 6.45) is 1.36. The molecule has 0 aromatic heterocycles. The number of amides is 1. The van der Waals surface area contributed by atoms with Crippen LogP contribution in [0, 0.1) is 17.5 Å². The summed E-state index contributed by atoms with van der Waals surface area (Å²) in [6, 6.07) is 9.90. The van der Waals surface area contributed by atoms with E-state index in [0.717, 1.165) is 11.6 Å². The highest BCUT2D eigenvalue weighted by atomic mass is 35.5. The maximum atomic E-state index is 13.5. The molecule has 1 aliphatic rings. The summed E-state index contributed by atoms with van der Waals surface area (Å²) in [5.41, 5.74) is 1.44. The second kappa shape index (κ2) is 9.76. The van der Waals surface area contributed by atoms with Crippen molar-refractivity contribution in [1.82, 2.24) is 10.2 Å². The molecule has 1 N–H and O–H groups in total. The summed E-state index contributed by atoms with van der Waals surface area (Å²) in [5, 5.41) is 3.24. The summed E-state index contributed by atoms with van der Waals surface area (Å²) in [5.74, 6) is -2.08. The molecule has 0 spiro atoms. The number of nitrogens with one attached hydrogen (secondary N) is 1. The zero-order valence-electron chi connectivity index (χ0n) is 14.8. The van der Waals surface area contributed by atoms with Crippen molar-refractivity contribution in [1.29, 1.82) is 0 Å². The number of hydrogen-bond donors (Lipinski definition) is 1. The van der Waals surface area contributed by atoms with Crippen LogP contribution in [0.4, 0.5) is 13.2 Å². The van der Waals surface area contributed by atoms with E-state index < -0.39 is 11.6 Å². The van der Waals surface area contributed by atoms with Crippen molar-refractivity contribution in [3.8, 4) is 0 Å². The van der Waals surface area contributed by atoms with Crippen LogP contribution < -0.4 is 5.32 Å². The number of piperazine rings is 1. The SMILES string of the molecule is Cl.O=C(CCCc1ccc(F)c(F)c1)N1CCNCC1c1cccc(F)c1. The fraction of sp³-hybridized carbons (Fsp3) is 0.350. The highest BCUT2D eigenvalue weighted by Gasteiger charge is 2.27. The van der Waals surface area contributed by atoms with Gasteiger partial charge in [-0.25, -0.2) is 13.2 Å². The lowest BCUT2D eigenvalue weighted by atomic mass is 10.0. The number of carbonyl (C=O) groups is 1. The van der Waals surface area contributed by atoms with Gasteiger partial charge in [0, 0.05) is 26.1 Å². The molecule has 2 aromatic carbocycles. The van der Waals surface area contributed by atoms with E-state index in [-0.39, 0.29) is 30.2 Å².